The molecular formula is C21H26N4O5. The van der Waals surface area contributed by atoms with Gasteiger partial charge in [-0.05, 0) is 51.5 Å². The number of benzene rings is 1. The first-order chi connectivity index (χ1) is 14.1. The van der Waals surface area contributed by atoms with Crippen LogP contribution in [0.5, 0.6) is 0 Å². The number of rotatable bonds is 5. The number of nitro groups is 1. The normalized spacial score (nSPS) is 23.5. The van der Waals surface area contributed by atoms with Gasteiger partial charge in [-0.2, -0.15) is 5.26 Å². The number of nitro benzene ring substituents is 1. The number of nitrogens with zero attached hydrogens (tertiary/aromatic N) is 3. The SMILES string of the molecule is CC(C)(C)OC(=O)N1[C@@H]2CC[C@@H](C2)[C@H]1C(=O)NC(C#N)Cc1cccc([N+](=O)[O-])c1. The van der Waals surface area contributed by atoms with Crippen LogP contribution in [0.1, 0.15) is 45.6 Å². The van der Waals surface area contributed by atoms with Crippen LogP contribution in [-0.4, -0.2) is 45.6 Å². The molecule has 0 aromatic heterocycles. The lowest BCUT2D eigenvalue weighted by Crippen LogP contribution is -2.55. The second-order valence-electron chi connectivity index (χ2n) is 8.88. The molecule has 1 saturated carbocycles. The van der Waals surface area contributed by atoms with Gasteiger partial charge in [0.1, 0.15) is 17.7 Å². The van der Waals surface area contributed by atoms with Crippen LogP contribution >= 0.6 is 0 Å². The van der Waals surface area contributed by atoms with Crippen molar-refractivity contribution in [3.8, 4) is 6.07 Å². The summed E-state index contributed by atoms with van der Waals surface area (Å²) in [5.74, 6) is -0.343. The van der Waals surface area contributed by atoms with Crippen LogP contribution < -0.4 is 5.32 Å². The number of piperidine rings is 1. The van der Waals surface area contributed by atoms with Crippen molar-refractivity contribution in [3.63, 3.8) is 0 Å². The Morgan fingerprint density at radius 3 is 2.77 bits per heavy atom. The largest absolute Gasteiger partial charge is 0.444 e. The molecule has 1 heterocycles. The third-order valence-corrected chi connectivity index (χ3v) is 5.49. The van der Waals surface area contributed by atoms with Gasteiger partial charge in [-0.1, -0.05) is 12.1 Å². The first-order valence-electron chi connectivity index (χ1n) is 10.0. The molecule has 1 unspecified atom stereocenters. The Balaban J connectivity index is 1.71. The predicted molar refractivity (Wildman–Crippen MR) is 107 cm³/mol. The molecular weight excluding hydrogens is 388 g/mol. The van der Waals surface area contributed by atoms with Gasteiger partial charge < -0.3 is 10.1 Å². The second-order valence-corrected chi connectivity index (χ2v) is 8.88. The van der Waals surface area contributed by atoms with Gasteiger partial charge in [-0.15, -0.1) is 0 Å². The lowest BCUT2D eigenvalue weighted by Gasteiger charge is -2.35. The highest BCUT2D eigenvalue weighted by Gasteiger charge is 2.52. The molecule has 2 aliphatic rings. The zero-order chi connectivity index (χ0) is 22.1. The number of fused-ring (bicyclic) bond motifs is 2. The first kappa shape index (κ1) is 21.6. The van der Waals surface area contributed by atoms with E-state index in [9.17, 15) is 25.0 Å². The van der Waals surface area contributed by atoms with Crippen LogP contribution in [0.25, 0.3) is 0 Å². The average molecular weight is 414 g/mol. The number of likely N-dealkylation sites (tertiary alicyclic amines) is 1. The molecule has 0 spiro atoms. The zero-order valence-electron chi connectivity index (χ0n) is 17.3. The molecule has 1 aliphatic heterocycles. The van der Waals surface area contributed by atoms with E-state index in [4.69, 9.17) is 4.74 Å². The second kappa shape index (κ2) is 8.30. The van der Waals surface area contributed by atoms with E-state index in [-0.39, 0.29) is 30.0 Å². The number of ether oxygens (including phenoxy) is 1. The van der Waals surface area contributed by atoms with Gasteiger partial charge >= 0.3 is 6.09 Å². The molecule has 4 atom stereocenters. The van der Waals surface area contributed by atoms with Gasteiger partial charge in [0.15, 0.2) is 0 Å². The van der Waals surface area contributed by atoms with Crippen molar-refractivity contribution in [2.45, 2.75) is 70.2 Å². The van der Waals surface area contributed by atoms with Crippen molar-refractivity contribution < 1.29 is 19.2 Å². The third kappa shape index (κ3) is 4.70. The highest BCUT2D eigenvalue weighted by molar-refractivity contribution is 5.87. The fourth-order valence-corrected chi connectivity index (χ4v) is 4.32. The van der Waals surface area contributed by atoms with Gasteiger partial charge in [0.25, 0.3) is 5.69 Å². The predicted octanol–water partition coefficient (Wildman–Crippen LogP) is 2.93. The van der Waals surface area contributed by atoms with Crippen LogP contribution in [0, 0.1) is 27.4 Å². The maximum atomic E-state index is 13.0. The number of hydrogen-bond acceptors (Lipinski definition) is 6. The number of non-ortho nitro benzene ring substituents is 1. The molecule has 1 aliphatic carbocycles. The summed E-state index contributed by atoms with van der Waals surface area (Å²) in [6, 6.07) is 6.47. The number of nitriles is 1. The van der Waals surface area contributed by atoms with E-state index in [0.29, 0.717) is 5.56 Å². The minimum atomic E-state index is -0.862. The van der Waals surface area contributed by atoms with Crippen molar-refractivity contribution in [3.05, 3.63) is 39.9 Å². The van der Waals surface area contributed by atoms with Gasteiger partial charge in [0, 0.05) is 24.6 Å². The number of hydrogen-bond donors (Lipinski definition) is 1. The summed E-state index contributed by atoms with van der Waals surface area (Å²) in [6.07, 6.45) is 2.06. The molecule has 0 radical (unpaired) electrons. The summed E-state index contributed by atoms with van der Waals surface area (Å²) in [6.45, 7) is 5.33. The Hall–Kier alpha value is -3.15. The summed E-state index contributed by atoms with van der Waals surface area (Å²) in [5.41, 5.74) is -0.162. The number of carbonyl (C=O) groups excluding carboxylic acids is 2. The van der Waals surface area contributed by atoms with E-state index >= 15 is 0 Å². The molecule has 3 rings (SSSR count). The molecule has 160 valence electrons. The van der Waals surface area contributed by atoms with Crippen molar-refractivity contribution >= 4 is 17.7 Å². The van der Waals surface area contributed by atoms with Gasteiger partial charge in [0.2, 0.25) is 5.91 Å². The number of nitrogens with one attached hydrogen (secondary N) is 1. The smallest absolute Gasteiger partial charge is 0.411 e. The minimum absolute atomic E-state index is 0.0297. The van der Waals surface area contributed by atoms with E-state index in [0.717, 1.165) is 19.3 Å². The van der Waals surface area contributed by atoms with Crippen molar-refractivity contribution in [1.82, 2.24) is 10.2 Å². The molecule has 1 saturated heterocycles. The number of carbonyl (C=O) groups is 2. The molecule has 9 heteroatoms. The summed E-state index contributed by atoms with van der Waals surface area (Å²) >= 11 is 0. The molecule has 1 aromatic rings. The maximum Gasteiger partial charge on any atom is 0.411 e. The molecule has 30 heavy (non-hydrogen) atoms. The molecule has 2 fully saturated rings. The summed E-state index contributed by atoms with van der Waals surface area (Å²) < 4.78 is 5.50. The van der Waals surface area contributed by atoms with Crippen LogP contribution in [0.15, 0.2) is 24.3 Å². The summed E-state index contributed by atoms with van der Waals surface area (Å²) in [7, 11) is 0. The summed E-state index contributed by atoms with van der Waals surface area (Å²) in [4.78, 5) is 37.7. The van der Waals surface area contributed by atoms with E-state index < -0.39 is 28.7 Å². The van der Waals surface area contributed by atoms with Crippen molar-refractivity contribution in [2.24, 2.45) is 5.92 Å². The lowest BCUT2D eigenvalue weighted by atomic mass is 9.97. The average Bonchev–Trinajstić information content (AvgIpc) is 3.27. The minimum Gasteiger partial charge on any atom is -0.444 e. The Kier molecular flexibility index (Phi) is 5.97. The fraction of sp³-hybridized carbons (Fsp3) is 0.571. The Labute approximate surface area is 175 Å². The highest BCUT2D eigenvalue weighted by Crippen LogP contribution is 2.43. The Morgan fingerprint density at radius 2 is 2.13 bits per heavy atom. The van der Waals surface area contributed by atoms with Crippen molar-refractivity contribution in [1.29, 1.82) is 5.26 Å². The van der Waals surface area contributed by atoms with E-state index in [1.54, 1.807) is 32.9 Å². The van der Waals surface area contributed by atoms with Crippen LogP contribution in [0.3, 0.4) is 0 Å². The topological polar surface area (TPSA) is 126 Å². The molecule has 9 nitrogen and oxygen atoms in total. The van der Waals surface area contributed by atoms with Crippen molar-refractivity contribution in [2.75, 3.05) is 0 Å². The molecule has 2 bridgehead atoms. The maximum absolute atomic E-state index is 13.0. The van der Waals surface area contributed by atoms with Crippen LogP contribution in [0.2, 0.25) is 0 Å². The van der Waals surface area contributed by atoms with E-state index in [2.05, 4.69) is 5.32 Å². The molecule has 1 N–H and O–H groups in total. The standard InChI is InChI=1S/C21H26N4O5/c1-21(2,3)30-20(27)24-16-8-7-14(11-16)18(24)19(26)23-15(12-22)9-13-5-4-6-17(10-13)25(28)29/h4-6,10,14-16,18H,7-9,11H2,1-3H3,(H,23,26)/t14-,15?,16+,18-/m0/s1. The van der Waals surface area contributed by atoms with Gasteiger partial charge in [-0.3, -0.25) is 19.8 Å². The first-order valence-corrected chi connectivity index (χ1v) is 10.0. The van der Waals surface area contributed by atoms with Crippen LogP contribution in [0.4, 0.5) is 10.5 Å². The van der Waals surface area contributed by atoms with Gasteiger partial charge in [-0.25, -0.2) is 4.79 Å². The quantitative estimate of drug-likeness (QED) is 0.583. The summed E-state index contributed by atoms with van der Waals surface area (Å²) in [5, 5.41) is 23.2. The van der Waals surface area contributed by atoms with Gasteiger partial charge in [0.05, 0.1) is 11.0 Å². The monoisotopic (exact) mass is 414 g/mol. The number of amides is 2. The van der Waals surface area contributed by atoms with E-state index in [1.807, 2.05) is 6.07 Å². The van der Waals surface area contributed by atoms with E-state index in [1.165, 1.54) is 17.0 Å². The van der Waals surface area contributed by atoms with Crippen LogP contribution in [-0.2, 0) is 16.0 Å². The fourth-order valence-electron chi connectivity index (χ4n) is 4.32. The highest BCUT2D eigenvalue weighted by atomic mass is 16.6. The third-order valence-electron chi connectivity index (χ3n) is 5.49. The Morgan fingerprint density at radius 1 is 1.40 bits per heavy atom. The molecule has 1 aromatic carbocycles. The zero-order valence-corrected chi connectivity index (χ0v) is 17.3. The Bertz CT molecular complexity index is 888. The molecule has 2 amide bonds. The lowest BCUT2D eigenvalue weighted by molar-refractivity contribution is -0.384.